The Morgan fingerprint density at radius 1 is 0.926 bits per heavy atom. The summed E-state index contributed by atoms with van der Waals surface area (Å²) in [6.07, 6.45) is 4.76. The van der Waals surface area contributed by atoms with Crippen molar-refractivity contribution < 1.29 is 4.74 Å². The van der Waals surface area contributed by atoms with E-state index in [2.05, 4.69) is 52.2 Å². The third-order valence-corrected chi connectivity index (χ3v) is 5.96. The van der Waals surface area contributed by atoms with Crippen LogP contribution in [0.15, 0.2) is 66.9 Å². The highest BCUT2D eigenvalue weighted by Gasteiger charge is 2.36. The summed E-state index contributed by atoms with van der Waals surface area (Å²) in [6.45, 7) is 4.13. The van der Waals surface area contributed by atoms with Gasteiger partial charge in [0.05, 0.1) is 11.6 Å². The van der Waals surface area contributed by atoms with Crippen molar-refractivity contribution in [3.63, 3.8) is 0 Å². The second-order valence-electron chi connectivity index (χ2n) is 7.67. The van der Waals surface area contributed by atoms with E-state index in [1.54, 1.807) is 0 Å². The molecule has 4 heterocycles. The fourth-order valence-corrected chi connectivity index (χ4v) is 4.43. The first kappa shape index (κ1) is 16.6. The lowest BCUT2D eigenvalue weighted by molar-refractivity contribution is 0.0505. The van der Waals surface area contributed by atoms with E-state index in [0.29, 0.717) is 12.6 Å². The van der Waals surface area contributed by atoms with Crippen molar-refractivity contribution in [1.82, 2.24) is 14.7 Å². The van der Waals surface area contributed by atoms with Gasteiger partial charge in [0, 0.05) is 12.7 Å². The molecular weight excluding hydrogens is 334 g/mol. The van der Waals surface area contributed by atoms with Gasteiger partial charge >= 0.3 is 0 Å². The summed E-state index contributed by atoms with van der Waals surface area (Å²) in [5.74, 6) is 1.47. The van der Waals surface area contributed by atoms with Crippen LogP contribution in [0.1, 0.15) is 24.4 Å². The summed E-state index contributed by atoms with van der Waals surface area (Å²) < 4.78 is 8.36. The number of hydrogen-bond acceptors (Lipinski definition) is 3. The minimum Gasteiger partial charge on any atom is -0.471 e. The number of fused-ring (bicyclic) bond motifs is 3. The van der Waals surface area contributed by atoms with Crippen LogP contribution in [-0.4, -0.2) is 34.3 Å². The quantitative estimate of drug-likeness (QED) is 0.677. The zero-order valence-electron chi connectivity index (χ0n) is 15.5. The van der Waals surface area contributed by atoms with Crippen LogP contribution in [0.2, 0.25) is 0 Å². The largest absolute Gasteiger partial charge is 0.471 e. The molecule has 1 unspecified atom stereocenters. The van der Waals surface area contributed by atoms with Crippen LogP contribution >= 0.6 is 0 Å². The molecule has 4 nitrogen and oxygen atoms in total. The number of nitrogens with zero attached hydrogens (tertiary/aromatic N) is 3. The standard InChI is InChI=1S/C23H25N3O/c1-3-7-18(8-4-1)17-27-23-21(19-9-5-2-6-10-19)15-26(24-23)22-16-25-13-11-20(22)12-14-25/h1-10,15,20,22H,11-14,16-17H2. The van der Waals surface area contributed by atoms with Crippen molar-refractivity contribution in [2.75, 3.05) is 19.6 Å². The second-order valence-corrected chi connectivity index (χ2v) is 7.67. The molecule has 0 spiro atoms. The van der Waals surface area contributed by atoms with E-state index < -0.39 is 0 Å². The van der Waals surface area contributed by atoms with E-state index in [9.17, 15) is 0 Å². The molecule has 2 bridgehead atoms. The molecule has 1 atom stereocenters. The number of hydrogen-bond donors (Lipinski definition) is 0. The van der Waals surface area contributed by atoms with Crippen LogP contribution in [0, 0.1) is 5.92 Å². The highest BCUT2D eigenvalue weighted by atomic mass is 16.5. The monoisotopic (exact) mass is 359 g/mol. The number of benzene rings is 2. The molecule has 0 radical (unpaired) electrons. The second kappa shape index (κ2) is 7.20. The molecule has 3 fully saturated rings. The van der Waals surface area contributed by atoms with Gasteiger partial charge in [-0.05, 0) is 43.0 Å². The summed E-state index contributed by atoms with van der Waals surface area (Å²) in [6, 6.07) is 21.2. The molecule has 3 aliphatic rings. The molecule has 0 saturated carbocycles. The van der Waals surface area contributed by atoms with Crippen LogP contribution in [0.3, 0.4) is 0 Å². The average Bonchev–Trinajstić information content (AvgIpc) is 3.19. The molecule has 3 aliphatic heterocycles. The minimum atomic E-state index is 0.462. The molecule has 0 aliphatic carbocycles. The van der Waals surface area contributed by atoms with E-state index in [-0.39, 0.29) is 0 Å². The minimum absolute atomic E-state index is 0.462. The molecule has 138 valence electrons. The lowest BCUT2D eigenvalue weighted by Crippen LogP contribution is -2.48. The van der Waals surface area contributed by atoms with Crippen molar-refractivity contribution in [3.8, 4) is 17.0 Å². The molecular formula is C23H25N3O. The van der Waals surface area contributed by atoms with Crippen molar-refractivity contribution in [2.24, 2.45) is 5.92 Å². The molecule has 3 aromatic rings. The Morgan fingerprint density at radius 3 is 2.30 bits per heavy atom. The van der Waals surface area contributed by atoms with Gasteiger partial charge in [0.25, 0.3) is 0 Å². The number of ether oxygens (including phenoxy) is 1. The van der Waals surface area contributed by atoms with Crippen LogP contribution in [-0.2, 0) is 6.61 Å². The van der Waals surface area contributed by atoms with E-state index in [1.807, 2.05) is 24.3 Å². The van der Waals surface area contributed by atoms with Gasteiger partial charge in [-0.15, -0.1) is 5.10 Å². The summed E-state index contributed by atoms with van der Waals surface area (Å²) in [5.41, 5.74) is 3.41. The molecule has 1 aromatic heterocycles. The summed E-state index contributed by atoms with van der Waals surface area (Å²) in [5, 5.41) is 4.91. The smallest absolute Gasteiger partial charge is 0.241 e. The SMILES string of the molecule is c1ccc(COc2nn(C3CN4CCC3CC4)cc2-c2ccccc2)cc1. The highest BCUT2D eigenvalue weighted by molar-refractivity contribution is 5.67. The van der Waals surface area contributed by atoms with Crippen LogP contribution in [0.25, 0.3) is 11.1 Å². The zero-order chi connectivity index (χ0) is 18.1. The molecule has 6 rings (SSSR count). The summed E-state index contributed by atoms with van der Waals surface area (Å²) >= 11 is 0. The van der Waals surface area contributed by atoms with Gasteiger partial charge in [0.1, 0.15) is 6.61 Å². The van der Waals surface area contributed by atoms with Crippen molar-refractivity contribution in [3.05, 3.63) is 72.4 Å². The lowest BCUT2D eigenvalue weighted by atomic mass is 9.84. The van der Waals surface area contributed by atoms with E-state index in [4.69, 9.17) is 9.84 Å². The zero-order valence-corrected chi connectivity index (χ0v) is 15.5. The Hall–Kier alpha value is -2.59. The maximum absolute atomic E-state index is 6.18. The van der Waals surface area contributed by atoms with Gasteiger partial charge < -0.3 is 9.64 Å². The number of piperidine rings is 3. The number of aromatic nitrogens is 2. The Balaban J connectivity index is 1.46. The number of rotatable bonds is 5. The van der Waals surface area contributed by atoms with E-state index >= 15 is 0 Å². The van der Waals surface area contributed by atoms with Gasteiger partial charge in [-0.2, -0.15) is 0 Å². The first-order valence-corrected chi connectivity index (χ1v) is 9.90. The van der Waals surface area contributed by atoms with E-state index in [0.717, 1.165) is 35.0 Å². The molecule has 0 amide bonds. The fraction of sp³-hybridized carbons (Fsp3) is 0.348. The Bertz CT molecular complexity index is 883. The van der Waals surface area contributed by atoms with Crippen molar-refractivity contribution in [1.29, 1.82) is 0 Å². The van der Waals surface area contributed by atoms with Gasteiger partial charge in [0.15, 0.2) is 0 Å². The first-order valence-electron chi connectivity index (χ1n) is 9.90. The predicted octanol–water partition coefficient (Wildman–Crippen LogP) is 4.40. The topological polar surface area (TPSA) is 30.3 Å². The third-order valence-electron chi connectivity index (χ3n) is 5.96. The molecule has 3 saturated heterocycles. The maximum atomic E-state index is 6.18. The average molecular weight is 359 g/mol. The van der Waals surface area contributed by atoms with Gasteiger partial charge in [-0.25, -0.2) is 0 Å². The van der Waals surface area contributed by atoms with E-state index in [1.165, 1.54) is 25.9 Å². The predicted molar refractivity (Wildman–Crippen MR) is 107 cm³/mol. The van der Waals surface area contributed by atoms with Gasteiger partial charge in [-0.3, -0.25) is 4.68 Å². The van der Waals surface area contributed by atoms with Gasteiger partial charge in [0.2, 0.25) is 5.88 Å². The van der Waals surface area contributed by atoms with Gasteiger partial charge in [-0.1, -0.05) is 60.7 Å². The molecule has 2 aromatic carbocycles. The molecule has 27 heavy (non-hydrogen) atoms. The lowest BCUT2D eigenvalue weighted by Gasteiger charge is -2.44. The van der Waals surface area contributed by atoms with Crippen LogP contribution in [0.4, 0.5) is 0 Å². The maximum Gasteiger partial charge on any atom is 0.241 e. The fourth-order valence-electron chi connectivity index (χ4n) is 4.43. The Kier molecular flexibility index (Phi) is 4.42. The third kappa shape index (κ3) is 3.37. The van der Waals surface area contributed by atoms with Crippen LogP contribution < -0.4 is 4.74 Å². The first-order chi connectivity index (χ1) is 13.4. The summed E-state index contributed by atoms with van der Waals surface area (Å²) in [4.78, 5) is 2.57. The highest BCUT2D eigenvalue weighted by Crippen LogP contribution is 2.38. The summed E-state index contributed by atoms with van der Waals surface area (Å²) in [7, 11) is 0. The molecule has 4 heteroatoms. The Morgan fingerprint density at radius 2 is 1.63 bits per heavy atom. The van der Waals surface area contributed by atoms with Crippen molar-refractivity contribution >= 4 is 0 Å². The normalized spacial score (nSPS) is 24.1. The molecule has 0 N–H and O–H groups in total. The Labute approximate surface area is 160 Å². The van der Waals surface area contributed by atoms with Crippen LogP contribution in [0.5, 0.6) is 5.88 Å². The van der Waals surface area contributed by atoms with Crippen molar-refractivity contribution in [2.45, 2.75) is 25.5 Å².